The zero-order chi connectivity index (χ0) is 21.5. The number of aromatic nitrogens is 3. The molecule has 30 heavy (non-hydrogen) atoms. The summed E-state index contributed by atoms with van der Waals surface area (Å²) in [6, 6.07) is 7.74. The van der Waals surface area contributed by atoms with E-state index in [0.717, 1.165) is 5.57 Å². The van der Waals surface area contributed by atoms with Crippen LogP contribution in [0.1, 0.15) is 23.0 Å². The number of benzene rings is 1. The van der Waals surface area contributed by atoms with Crippen molar-refractivity contribution in [1.29, 1.82) is 0 Å². The fourth-order valence-corrected chi connectivity index (χ4v) is 2.45. The average molecular weight is 408 g/mol. The quantitative estimate of drug-likeness (QED) is 0.489. The highest BCUT2D eigenvalue weighted by Crippen LogP contribution is 2.19. The van der Waals surface area contributed by atoms with E-state index in [4.69, 9.17) is 10.5 Å². The molecule has 0 aliphatic heterocycles. The minimum absolute atomic E-state index is 0.102. The molecule has 0 unspecified atom stereocenters. The van der Waals surface area contributed by atoms with Gasteiger partial charge in [-0.1, -0.05) is 6.58 Å². The Kier molecular flexibility index (Phi) is 6.53. The van der Waals surface area contributed by atoms with Gasteiger partial charge in [0.1, 0.15) is 23.9 Å². The summed E-state index contributed by atoms with van der Waals surface area (Å²) < 4.78 is 19.5. The maximum absolute atomic E-state index is 14.2. The molecule has 0 spiro atoms. The Morgan fingerprint density at radius 1 is 1.23 bits per heavy atom. The third-order valence-electron chi connectivity index (χ3n) is 3.94. The molecule has 0 radical (unpaired) electrons. The van der Waals surface area contributed by atoms with Gasteiger partial charge in [-0.2, -0.15) is 0 Å². The number of pyridine rings is 1. The van der Waals surface area contributed by atoms with Crippen LogP contribution in [0.15, 0.2) is 61.1 Å². The van der Waals surface area contributed by atoms with Crippen LogP contribution in [0.5, 0.6) is 5.88 Å². The molecule has 4 N–H and O–H groups in total. The number of nitrogen functional groups attached to an aromatic ring is 1. The van der Waals surface area contributed by atoms with Crippen LogP contribution in [-0.2, 0) is 6.54 Å². The van der Waals surface area contributed by atoms with Gasteiger partial charge in [-0.25, -0.2) is 19.3 Å². The number of carbonyl (C=O) groups excluding carboxylic acids is 1. The molecule has 0 aliphatic carbocycles. The van der Waals surface area contributed by atoms with E-state index in [9.17, 15) is 9.18 Å². The summed E-state index contributed by atoms with van der Waals surface area (Å²) in [6.45, 7) is 6.04. The Hall–Kier alpha value is -4.01. The minimum Gasteiger partial charge on any atom is -0.472 e. The summed E-state index contributed by atoms with van der Waals surface area (Å²) >= 11 is 0. The second-order valence-electron chi connectivity index (χ2n) is 6.54. The van der Waals surface area contributed by atoms with Crippen molar-refractivity contribution in [2.24, 2.45) is 0 Å². The second kappa shape index (κ2) is 9.46. The van der Waals surface area contributed by atoms with Crippen molar-refractivity contribution in [3.63, 3.8) is 0 Å². The fraction of sp³-hybridized carbons (Fsp3) is 0.143. The molecule has 3 rings (SSSR count). The highest BCUT2D eigenvalue weighted by atomic mass is 19.1. The van der Waals surface area contributed by atoms with E-state index >= 15 is 0 Å². The van der Waals surface area contributed by atoms with E-state index < -0.39 is 11.7 Å². The lowest BCUT2D eigenvalue weighted by Gasteiger charge is -2.11. The molecule has 8 nitrogen and oxygen atoms in total. The van der Waals surface area contributed by atoms with Crippen molar-refractivity contribution >= 4 is 23.1 Å². The second-order valence-corrected chi connectivity index (χ2v) is 6.54. The van der Waals surface area contributed by atoms with Crippen molar-refractivity contribution in [3.05, 3.63) is 78.1 Å². The first kappa shape index (κ1) is 20.7. The number of amides is 1. The summed E-state index contributed by atoms with van der Waals surface area (Å²) in [5, 5.41) is 5.70. The lowest BCUT2D eigenvalue weighted by Crippen LogP contribution is -2.15. The van der Waals surface area contributed by atoms with E-state index in [2.05, 4.69) is 32.2 Å². The standard InChI is InChI=1S/C21H21FN6O2/c1-13(2)12-30-19-11-26-18(10-27-19)21(29)28-15-5-6-16(22)14(8-15)9-25-17-4-3-7-24-20(17)23/h3-8,10-11,25H,1,9,12H2,2H3,(H2,23,24)(H,28,29). The number of nitrogens with zero attached hydrogens (tertiary/aromatic N) is 3. The first-order valence-corrected chi connectivity index (χ1v) is 9.05. The Morgan fingerprint density at radius 2 is 2.07 bits per heavy atom. The average Bonchev–Trinajstić information content (AvgIpc) is 2.74. The SMILES string of the molecule is C=C(C)COc1cnc(C(=O)Nc2ccc(F)c(CNc3cccnc3N)c2)cn1. The van der Waals surface area contributed by atoms with Crippen molar-refractivity contribution < 1.29 is 13.9 Å². The van der Waals surface area contributed by atoms with Crippen molar-refractivity contribution in [1.82, 2.24) is 15.0 Å². The summed E-state index contributed by atoms with van der Waals surface area (Å²) in [6.07, 6.45) is 4.23. The molecule has 154 valence electrons. The van der Waals surface area contributed by atoms with Crippen LogP contribution in [-0.4, -0.2) is 27.5 Å². The molecule has 1 amide bonds. The Balaban J connectivity index is 1.65. The smallest absolute Gasteiger partial charge is 0.275 e. The monoisotopic (exact) mass is 408 g/mol. The Bertz CT molecular complexity index is 1060. The molecule has 0 saturated carbocycles. The summed E-state index contributed by atoms with van der Waals surface area (Å²) in [7, 11) is 0. The Morgan fingerprint density at radius 3 is 2.77 bits per heavy atom. The molecule has 0 saturated heterocycles. The number of carbonyl (C=O) groups is 1. The lowest BCUT2D eigenvalue weighted by molar-refractivity contribution is 0.102. The highest BCUT2D eigenvalue weighted by Gasteiger charge is 2.11. The molecule has 0 aliphatic rings. The van der Waals surface area contributed by atoms with Gasteiger partial charge >= 0.3 is 0 Å². The van der Waals surface area contributed by atoms with Crippen molar-refractivity contribution in [3.8, 4) is 5.88 Å². The summed E-state index contributed by atoms with van der Waals surface area (Å²) in [5.74, 6) is -0.284. The van der Waals surface area contributed by atoms with Crippen LogP contribution in [0.3, 0.4) is 0 Å². The number of hydrogen-bond donors (Lipinski definition) is 3. The molecule has 0 atom stereocenters. The first-order chi connectivity index (χ1) is 14.4. The molecule has 0 bridgehead atoms. The number of anilines is 3. The number of nitrogens with one attached hydrogen (secondary N) is 2. The number of ether oxygens (including phenoxy) is 1. The van der Waals surface area contributed by atoms with Gasteiger partial charge in [0.15, 0.2) is 0 Å². The predicted molar refractivity (Wildman–Crippen MR) is 113 cm³/mol. The van der Waals surface area contributed by atoms with Crippen LogP contribution in [0.4, 0.5) is 21.6 Å². The zero-order valence-electron chi connectivity index (χ0n) is 16.4. The molecular weight excluding hydrogens is 387 g/mol. The van der Waals surface area contributed by atoms with Gasteiger partial charge in [-0.05, 0) is 42.8 Å². The molecular formula is C21H21FN6O2. The molecule has 3 aromatic rings. The van der Waals surface area contributed by atoms with Crippen molar-refractivity contribution in [2.75, 3.05) is 23.0 Å². The molecule has 9 heteroatoms. The fourth-order valence-electron chi connectivity index (χ4n) is 2.45. The summed E-state index contributed by atoms with van der Waals surface area (Å²) in [4.78, 5) is 24.5. The van der Waals surface area contributed by atoms with Gasteiger partial charge in [0.2, 0.25) is 5.88 Å². The van der Waals surface area contributed by atoms with Gasteiger partial charge < -0.3 is 21.1 Å². The lowest BCUT2D eigenvalue weighted by atomic mass is 10.1. The number of hydrogen-bond acceptors (Lipinski definition) is 7. The number of nitrogens with two attached hydrogens (primary N) is 1. The maximum Gasteiger partial charge on any atom is 0.275 e. The largest absolute Gasteiger partial charge is 0.472 e. The number of rotatable bonds is 8. The third-order valence-corrected chi connectivity index (χ3v) is 3.94. The van der Waals surface area contributed by atoms with Gasteiger partial charge in [-0.15, -0.1) is 0 Å². The van der Waals surface area contributed by atoms with Crippen LogP contribution in [0, 0.1) is 5.82 Å². The normalized spacial score (nSPS) is 10.3. The van der Waals surface area contributed by atoms with Crippen LogP contribution in [0.25, 0.3) is 0 Å². The van der Waals surface area contributed by atoms with Crippen LogP contribution in [0.2, 0.25) is 0 Å². The predicted octanol–water partition coefficient (Wildman–Crippen LogP) is 3.41. The van der Waals surface area contributed by atoms with Gasteiger partial charge in [0.25, 0.3) is 5.91 Å². The van der Waals surface area contributed by atoms with Crippen molar-refractivity contribution in [2.45, 2.75) is 13.5 Å². The van der Waals surface area contributed by atoms with E-state index in [1.807, 2.05) is 6.92 Å². The number of halogens is 1. The van der Waals surface area contributed by atoms with Gasteiger partial charge in [0.05, 0.1) is 18.1 Å². The highest BCUT2D eigenvalue weighted by molar-refractivity contribution is 6.02. The summed E-state index contributed by atoms with van der Waals surface area (Å²) in [5.41, 5.74) is 8.08. The third kappa shape index (κ3) is 5.51. The molecule has 2 aromatic heterocycles. The first-order valence-electron chi connectivity index (χ1n) is 9.05. The Labute approximate surface area is 173 Å². The van der Waals surface area contributed by atoms with E-state index in [1.165, 1.54) is 30.6 Å². The molecule has 2 heterocycles. The molecule has 1 aromatic carbocycles. The van der Waals surface area contributed by atoms with E-state index in [-0.39, 0.29) is 12.2 Å². The van der Waals surface area contributed by atoms with E-state index in [0.29, 0.717) is 35.2 Å². The maximum atomic E-state index is 14.2. The zero-order valence-corrected chi connectivity index (χ0v) is 16.4. The van der Waals surface area contributed by atoms with Crippen LogP contribution < -0.4 is 21.1 Å². The van der Waals surface area contributed by atoms with Crippen LogP contribution >= 0.6 is 0 Å². The topological polar surface area (TPSA) is 115 Å². The van der Waals surface area contributed by atoms with Gasteiger partial charge in [-0.3, -0.25) is 4.79 Å². The molecule has 0 fully saturated rings. The van der Waals surface area contributed by atoms with E-state index in [1.54, 1.807) is 18.3 Å². The van der Waals surface area contributed by atoms with Gasteiger partial charge in [0, 0.05) is 24.0 Å². The minimum atomic E-state index is -0.476.